The molecule has 0 unspecified atom stereocenters. The molecule has 3 aromatic heterocycles. The number of para-hydroxylation sites is 3. The molecule has 0 N–H and O–H groups in total. The summed E-state index contributed by atoms with van der Waals surface area (Å²) in [5, 5.41) is 9.78. The number of aromatic nitrogens is 4. The van der Waals surface area contributed by atoms with Crippen molar-refractivity contribution in [3.63, 3.8) is 0 Å². The number of hydrogen-bond donors (Lipinski definition) is 0. The van der Waals surface area contributed by atoms with Crippen LogP contribution in [-0.4, -0.2) is 19.1 Å². The summed E-state index contributed by atoms with van der Waals surface area (Å²) < 4.78 is 4.63. The maximum atomic E-state index is 5.25. The van der Waals surface area contributed by atoms with Gasteiger partial charge in [0, 0.05) is 38.4 Å². The minimum absolute atomic E-state index is 0.646. The molecule has 0 radical (unpaired) electrons. The van der Waals surface area contributed by atoms with E-state index in [0.717, 1.165) is 50.0 Å². The highest BCUT2D eigenvalue weighted by Crippen LogP contribution is 2.42. The molecular formula is C54H34N4. The van der Waals surface area contributed by atoms with Gasteiger partial charge in [-0.25, -0.2) is 9.97 Å². The second kappa shape index (κ2) is 12.9. The zero-order valence-electron chi connectivity index (χ0n) is 31.4. The number of hydrogen-bond acceptors (Lipinski definition) is 2. The normalized spacial score (nSPS) is 11.8. The van der Waals surface area contributed by atoms with Crippen LogP contribution in [0.1, 0.15) is 0 Å². The Balaban J connectivity index is 1.10. The highest BCUT2D eigenvalue weighted by molar-refractivity contribution is 6.21. The van der Waals surface area contributed by atoms with Crippen LogP contribution in [0.4, 0.5) is 0 Å². The highest BCUT2D eigenvalue weighted by atomic mass is 15.2. The van der Waals surface area contributed by atoms with Crippen molar-refractivity contribution in [3.8, 4) is 45.3 Å². The van der Waals surface area contributed by atoms with Crippen LogP contribution in [0.25, 0.3) is 110 Å². The average Bonchev–Trinajstić information content (AvgIpc) is 3.81. The van der Waals surface area contributed by atoms with Gasteiger partial charge in [-0.2, -0.15) is 0 Å². The molecule has 0 aliphatic rings. The molecule has 12 aromatic rings. The molecule has 0 aliphatic heterocycles. The molecule has 4 nitrogen and oxygen atoms in total. The summed E-state index contributed by atoms with van der Waals surface area (Å²) in [5.74, 6) is 0.646. The minimum Gasteiger partial charge on any atom is -0.309 e. The summed E-state index contributed by atoms with van der Waals surface area (Å²) in [6, 6.07) is 73.8. The number of benzene rings is 9. The molecule has 0 saturated carbocycles. The lowest BCUT2D eigenvalue weighted by molar-refractivity contribution is 0.995. The SMILES string of the molecule is c1ccc(-c2cc(-c3ccccc3)nc(-n3c4ccccc4c4cc(-c5cc6cc7c(cc6c6ccccc56)c5ccccc5n7-c5ccccc5)ccc43)n2)cc1. The Morgan fingerprint density at radius 2 is 0.810 bits per heavy atom. The van der Waals surface area contributed by atoms with Gasteiger partial charge >= 0.3 is 0 Å². The van der Waals surface area contributed by atoms with Gasteiger partial charge in [-0.3, -0.25) is 4.57 Å². The summed E-state index contributed by atoms with van der Waals surface area (Å²) in [7, 11) is 0. The molecule has 3 heterocycles. The molecule has 0 spiro atoms. The van der Waals surface area contributed by atoms with E-state index in [1.54, 1.807) is 0 Å². The van der Waals surface area contributed by atoms with Crippen molar-refractivity contribution >= 4 is 65.2 Å². The molecule has 270 valence electrons. The first-order valence-electron chi connectivity index (χ1n) is 19.7. The first-order chi connectivity index (χ1) is 28.8. The van der Waals surface area contributed by atoms with Gasteiger partial charge in [0.2, 0.25) is 5.95 Å². The van der Waals surface area contributed by atoms with Crippen LogP contribution in [0.2, 0.25) is 0 Å². The minimum atomic E-state index is 0.646. The number of rotatable bonds is 5. The smallest absolute Gasteiger partial charge is 0.235 e. The van der Waals surface area contributed by atoms with E-state index in [1.807, 2.05) is 12.1 Å². The van der Waals surface area contributed by atoms with Crippen LogP contribution in [0.15, 0.2) is 206 Å². The standard InChI is InChI=1S/C54H34N4/c1-4-16-35(17-5-1)48-34-49(36-18-6-2-7-19-36)56-54(55-48)58-51-27-15-13-24-42(51)46-30-37(28-29-52(46)58)44-31-38-32-53-47(33-45(38)41-23-11-10-22-40(41)44)43-25-12-14-26-50(43)57(53)39-20-8-3-9-21-39/h1-34H. The largest absolute Gasteiger partial charge is 0.309 e. The van der Waals surface area contributed by atoms with Crippen LogP contribution in [0.5, 0.6) is 0 Å². The number of fused-ring (bicyclic) bond motifs is 9. The molecule has 0 fully saturated rings. The average molecular weight is 739 g/mol. The van der Waals surface area contributed by atoms with Gasteiger partial charge in [-0.1, -0.05) is 146 Å². The van der Waals surface area contributed by atoms with E-state index in [-0.39, 0.29) is 0 Å². The Hall–Kier alpha value is -7.82. The van der Waals surface area contributed by atoms with Crippen molar-refractivity contribution in [2.24, 2.45) is 0 Å². The fraction of sp³-hybridized carbons (Fsp3) is 0. The second-order valence-corrected chi connectivity index (χ2v) is 15.0. The van der Waals surface area contributed by atoms with Crippen LogP contribution in [0, 0.1) is 0 Å². The monoisotopic (exact) mass is 738 g/mol. The summed E-state index contributed by atoms with van der Waals surface area (Å²) >= 11 is 0. The summed E-state index contributed by atoms with van der Waals surface area (Å²) in [6.07, 6.45) is 0. The topological polar surface area (TPSA) is 35.6 Å². The van der Waals surface area contributed by atoms with Crippen LogP contribution in [-0.2, 0) is 0 Å². The summed E-state index contributed by atoms with van der Waals surface area (Å²) in [6.45, 7) is 0. The zero-order chi connectivity index (χ0) is 38.2. The van der Waals surface area contributed by atoms with Crippen LogP contribution >= 0.6 is 0 Å². The predicted octanol–water partition coefficient (Wildman–Crippen LogP) is 14.0. The quantitative estimate of drug-likeness (QED) is 0.165. The predicted molar refractivity (Wildman–Crippen MR) is 242 cm³/mol. The lowest BCUT2D eigenvalue weighted by atomic mass is 9.92. The lowest BCUT2D eigenvalue weighted by Gasteiger charge is -2.14. The Kier molecular flexibility index (Phi) is 7.20. The Morgan fingerprint density at radius 3 is 1.47 bits per heavy atom. The first kappa shape index (κ1) is 32.4. The molecule has 0 aliphatic carbocycles. The third-order valence-corrected chi connectivity index (χ3v) is 11.7. The van der Waals surface area contributed by atoms with Crippen molar-refractivity contribution in [3.05, 3.63) is 206 Å². The lowest BCUT2D eigenvalue weighted by Crippen LogP contribution is -2.04. The van der Waals surface area contributed by atoms with Gasteiger partial charge in [-0.05, 0) is 93.3 Å². The number of nitrogens with zero attached hydrogens (tertiary/aromatic N) is 4. The molecule has 12 rings (SSSR count). The van der Waals surface area contributed by atoms with Gasteiger partial charge in [0.1, 0.15) is 0 Å². The zero-order valence-corrected chi connectivity index (χ0v) is 31.4. The molecule has 0 atom stereocenters. The molecule has 58 heavy (non-hydrogen) atoms. The van der Waals surface area contributed by atoms with E-state index in [9.17, 15) is 0 Å². The van der Waals surface area contributed by atoms with Crippen molar-refractivity contribution < 1.29 is 0 Å². The molecule has 4 heteroatoms. The van der Waals surface area contributed by atoms with Crippen LogP contribution < -0.4 is 0 Å². The van der Waals surface area contributed by atoms with Crippen LogP contribution in [0.3, 0.4) is 0 Å². The molecule has 9 aromatic carbocycles. The highest BCUT2D eigenvalue weighted by Gasteiger charge is 2.20. The van der Waals surface area contributed by atoms with Gasteiger partial charge in [0.15, 0.2) is 0 Å². The van der Waals surface area contributed by atoms with Crippen molar-refractivity contribution in [2.45, 2.75) is 0 Å². The summed E-state index contributed by atoms with van der Waals surface area (Å²) in [4.78, 5) is 10.5. The second-order valence-electron chi connectivity index (χ2n) is 15.0. The van der Waals surface area contributed by atoms with E-state index >= 15 is 0 Å². The summed E-state index contributed by atoms with van der Waals surface area (Å²) in [5.41, 5.74) is 11.9. The fourth-order valence-electron chi connectivity index (χ4n) is 9.07. The Bertz CT molecular complexity index is 3490. The molecule has 0 amide bonds. The van der Waals surface area contributed by atoms with Crippen molar-refractivity contribution in [1.29, 1.82) is 0 Å². The van der Waals surface area contributed by atoms with Gasteiger partial charge < -0.3 is 4.57 Å². The maximum absolute atomic E-state index is 5.25. The Labute approximate surface area is 334 Å². The maximum Gasteiger partial charge on any atom is 0.235 e. The van der Waals surface area contributed by atoms with E-state index in [4.69, 9.17) is 9.97 Å². The molecule has 0 bridgehead atoms. The van der Waals surface area contributed by atoms with Gasteiger partial charge in [0.25, 0.3) is 0 Å². The fourth-order valence-corrected chi connectivity index (χ4v) is 9.07. The van der Waals surface area contributed by atoms with Gasteiger partial charge in [0.05, 0.1) is 33.5 Å². The van der Waals surface area contributed by atoms with E-state index in [2.05, 4.69) is 203 Å². The molecule has 0 saturated heterocycles. The third-order valence-electron chi connectivity index (χ3n) is 11.7. The third kappa shape index (κ3) is 5.02. The van der Waals surface area contributed by atoms with E-state index < -0.39 is 0 Å². The van der Waals surface area contributed by atoms with E-state index in [1.165, 1.54) is 54.5 Å². The van der Waals surface area contributed by atoms with E-state index in [0.29, 0.717) is 5.95 Å². The molecular weight excluding hydrogens is 705 g/mol. The van der Waals surface area contributed by atoms with Crippen molar-refractivity contribution in [1.82, 2.24) is 19.1 Å². The van der Waals surface area contributed by atoms with Gasteiger partial charge in [-0.15, -0.1) is 0 Å². The first-order valence-corrected chi connectivity index (χ1v) is 19.7. The Morgan fingerprint density at radius 1 is 0.293 bits per heavy atom. The van der Waals surface area contributed by atoms with Crippen molar-refractivity contribution in [2.75, 3.05) is 0 Å².